The largest absolute Gasteiger partial charge is 0.505 e. The highest BCUT2D eigenvalue weighted by Gasteiger charge is 2.22. The lowest BCUT2D eigenvalue weighted by atomic mass is 10.1. The van der Waals surface area contributed by atoms with Crippen LogP contribution in [0.2, 0.25) is 0 Å². The van der Waals surface area contributed by atoms with Crippen molar-refractivity contribution < 1.29 is 33.7 Å². The van der Waals surface area contributed by atoms with Crippen molar-refractivity contribution in [2.75, 3.05) is 45.2 Å². The molecule has 10 nitrogen and oxygen atoms in total. The predicted molar refractivity (Wildman–Crippen MR) is 140 cm³/mol. The van der Waals surface area contributed by atoms with Gasteiger partial charge >= 0.3 is 12.1 Å². The number of rotatable bonds is 15. The number of benzene rings is 1. The maximum atomic E-state index is 13.4. The lowest BCUT2D eigenvalue weighted by molar-refractivity contribution is -0.139. The van der Waals surface area contributed by atoms with Crippen LogP contribution in [0.25, 0.3) is 0 Å². The number of alkyl carbamates (subject to hydrolysis) is 1. The third-order valence-corrected chi connectivity index (χ3v) is 6.47. The summed E-state index contributed by atoms with van der Waals surface area (Å²) in [5, 5.41) is 25.0. The Balaban J connectivity index is 1.44. The average Bonchev–Trinajstić information content (AvgIpc) is 2.91. The highest BCUT2D eigenvalue weighted by molar-refractivity contribution is 5.79. The number of aliphatic carboxylic acids is 1. The van der Waals surface area contributed by atoms with E-state index in [2.05, 4.69) is 27.7 Å². The van der Waals surface area contributed by atoms with Crippen LogP contribution in [0.4, 0.5) is 15.0 Å². The van der Waals surface area contributed by atoms with E-state index in [1.807, 2.05) is 0 Å². The number of hydrogen-bond donors (Lipinski definition) is 4. The average molecular weight is 533 g/mol. The highest BCUT2D eigenvalue weighted by atomic mass is 19.1. The van der Waals surface area contributed by atoms with E-state index < -0.39 is 36.3 Å². The Bertz CT molecular complexity index is 1070. The van der Waals surface area contributed by atoms with Gasteiger partial charge in [0.15, 0.2) is 11.6 Å². The fourth-order valence-electron chi connectivity index (χ4n) is 4.28. The molecular weight excluding hydrogens is 495 g/mol. The number of ether oxygens (including phenoxy) is 2. The number of carboxylic acids is 1. The first-order valence-electron chi connectivity index (χ1n) is 12.9. The Morgan fingerprint density at radius 1 is 1.21 bits per heavy atom. The quantitative estimate of drug-likeness (QED) is 0.255. The fraction of sp³-hybridized carbons (Fsp3) is 0.519. The van der Waals surface area contributed by atoms with Crippen LogP contribution in [-0.4, -0.2) is 78.1 Å². The Morgan fingerprint density at radius 3 is 2.84 bits per heavy atom. The van der Waals surface area contributed by atoms with Gasteiger partial charge in [0, 0.05) is 38.0 Å². The number of aromatic hydroxyl groups is 1. The standard InChI is InChI=1S/C27H37FN4O6/c1-37-17-16-32(14-3-2-8-21-11-10-19-7-5-13-29-25(19)30-21)15-12-23(26(34)35)31-27(36)38-18-20-6-4-9-22(28)24(20)33/h4,6,9-11,23,33H,2-3,5,7-8,12-18H2,1H3,(H,29,30)(H,31,36)(H,34,35). The van der Waals surface area contributed by atoms with Gasteiger partial charge < -0.3 is 35.2 Å². The monoisotopic (exact) mass is 532 g/mol. The summed E-state index contributed by atoms with van der Waals surface area (Å²) in [6, 6.07) is 6.94. The van der Waals surface area contributed by atoms with Crippen molar-refractivity contribution >= 4 is 17.9 Å². The summed E-state index contributed by atoms with van der Waals surface area (Å²) in [5.74, 6) is -1.63. The topological polar surface area (TPSA) is 133 Å². The van der Waals surface area contributed by atoms with E-state index in [0.717, 1.165) is 62.8 Å². The van der Waals surface area contributed by atoms with Crippen LogP contribution in [0.5, 0.6) is 5.75 Å². The molecule has 1 unspecified atom stereocenters. The molecule has 208 valence electrons. The second-order valence-corrected chi connectivity index (χ2v) is 9.28. The molecule has 0 saturated carbocycles. The van der Waals surface area contributed by atoms with E-state index in [9.17, 15) is 24.2 Å². The zero-order valence-corrected chi connectivity index (χ0v) is 21.7. The van der Waals surface area contributed by atoms with Crippen molar-refractivity contribution in [1.82, 2.24) is 15.2 Å². The van der Waals surface area contributed by atoms with Crippen LogP contribution in [0, 0.1) is 5.82 Å². The molecule has 1 atom stereocenters. The SMILES string of the molecule is COCCN(CCCCc1ccc2c(n1)NCCC2)CCC(NC(=O)OCc1cccc(F)c1O)C(=O)O. The van der Waals surface area contributed by atoms with Crippen LogP contribution in [-0.2, 0) is 33.7 Å². The molecule has 0 bridgehead atoms. The first-order chi connectivity index (χ1) is 18.4. The molecule has 1 aromatic heterocycles. The molecule has 4 N–H and O–H groups in total. The molecule has 11 heteroatoms. The molecule has 0 radical (unpaired) electrons. The molecule has 0 aliphatic carbocycles. The number of para-hydroxylation sites is 1. The molecule has 2 heterocycles. The summed E-state index contributed by atoms with van der Waals surface area (Å²) in [4.78, 5) is 30.7. The number of carboxylic acid groups (broad SMARTS) is 1. The number of unbranched alkanes of at least 4 members (excludes halogenated alkanes) is 1. The third-order valence-electron chi connectivity index (χ3n) is 6.47. The first-order valence-corrected chi connectivity index (χ1v) is 12.9. The number of nitrogens with zero attached hydrogens (tertiary/aromatic N) is 2. The third kappa shape index (κ3) is 9.14. The minimum atomic E-state index is -1.19. The summed E-state index contributed by atoms with van der Waals surface area (Å²) >= 11 is 0. The lowest BCUT2D eigenvalue weighted by Crippen LogP contribution is -2.43. The van der Waals surface area contributed by atoms with Crippen molar-refractivity contribution in [2.45, 2.75) is 51.2 Å². The molecule has 0 fully saturated rings. The summed E-state index contributed by atoms with van der Waals surface area (Å²) in [7, 11) is 1.61. The molecule has 38 heavy (non-hydrogen) atoms. The minimum Gasteiger partial charge on any atom is -0.505 e. The summed E-state index contributed by atoms with van der Waals surface area (Å²) < 4.78 is 23.6. The van der Waals surface area contributed by atoms with Gasteiger partial charge in [-0.25, -0.2) is 19.0 Å². The molecule has 1 aliphatic rings. The highest BCUT2D eigenvalue weighted by Crippen LogP contribution is 2.22. The van der Waals surface area contributed by atoms with Crippen LogP contribution in [0.15, 0.2) is 30.3 Å². The normalized spacial score (nSPS) is 13.4. The lowest BCUT2D eigenvalue weighted by Gasteiger charge is -2.24. The number of aromatic nitrogens is 1. The smallest absolute Gasteiger partial charge is 0.408 e. The molecule has 2 aromatic rings. The Kier molecular flexibility index (Phi) is 11.6. The molecule has 1 aliphatic heterocycles. The predicted octanol–water partition coefficient (Wildman–Crippen LogP) is 3.33. The van der Waals surface area contributed by atoms with Gasteiger partial charge in [0.25, 0.3) is 0 Å². The number of phenolic OH excluding ortho intramolecular Hbond substituents is 1. The number of amides is 1. The Morgan fingerprint density at radius 2 is 2.05 bits per heavy atom. The number of carbonyl (C=O) groups excluding carboxylic acids is 1. The number of methoxy groups -OCH3 is 1. The maximum absolute atomic E-state index is 13.4. The van der Waals surface area contributed by atoms with E-state index in [1.54, 1.807) is 7.11 Å². The molecule has 0 saturated heterocycles. The van der Waals surface area contributed by atoms with Crippen molar-refractivity contribution in [3.63, 3.8) is 0 Å². The van der Waals surface area contributed by atoms with Crippen LogP contribution >= 0.6 is 0 Å². The fourth-order valence-corrected chi connectivity index (χ4v) is 4.28. The number of pyridine rings is 1. The van der Waals surface area contributed by atoms with Gasteiger partial charge in [0.2, 0.25) is 0 Å². The van der Waals surface area contributed by atoms with Crippen LogP contribution in [0.1, 0.15) is 42.5 Å². The van der Waals surface area contributed by atoms with E-state index in [-0.39, 0.29) is 12.0 Å². The summed E-state index contributed by atoms with van der Waals surface area (Å²) in [6.45, 7) is 2.89. The second kappa shape index (κ2) is 15.1. The number of hydrogen-bond acceptors (Lipinski definition) is 8. The van der Waals surface area contributed by atoms with E-state index in [0.29, 0.717) is 19.7 Å². The van der Waals surface area contributed by atoms with Crippen molar-refractivity contribution in [2.24, 2.45) is 0 Å². The van der Waals surface area contributed by atoms with Gasteiger partial charge in [0.1, 0.15) is 18.5 Å². The van der Waals surface area contributed by atoms with Crippen molar-refractivity contribution in [3.05, 3.63) is 53.0 Å². The van der Waals surface area contributed by atoms with Gasteiger partial charge in [-0.3, -0.25) is 0 Å². The van der Waals surface area contributed by atoms with Gasteiger partial charge in [-0.15, -0.1) is 0 Å². The van der Waals surface area contributed by atoms with Crippen molar-refractivity contribution in [3.8, 4) is 5.75 Å². The summed E-state index contributed by atoms with van der Waals surface area (Å²) in [6.07, 6.45) is 4.09. The van der Waals surface area contributed by atoms with Crippen molar-refractivity contribution in [1.29, 1.82) is 0 Å². The van der Waals surface area contributed by atoms with E-state index in [1.165, 1.54) is 17.7 Å². The Hall–Kier alpha value is -3.44. The number of fused-ring (bicyclic) bond motifs is 1. The number of halogens is 1. The van der Waals surface area contributed by atoms with Gasteiger partial charge in [-0.2, -0.15) is 0 Å². The summed E-state index contributed by atoms with van der Waals surface area (Å²) in [5.41, 5.74) is 2.41. The van der Waals surface area contributed by atoms with Crippen LogP contribution < -0.4 is 10.6 Å². The van der Waals surface area contributed by atoms with E-state index in [4.69, 9.17) is 14.5 Å². The Labute approximate surface area is 222 Å². The second-order valence-electron chi connectivity index (χ2n) is 9.28. The molecule has 1 aromatic carbocycles. The number of nitrogens with one attached hydrogen (secondary N) is 2. The number of carbonyl (C=O) groups is 2. The molecular formula is C27H37FN4O6. The molecule has 0 spiro atoms. The minimum absolute atomic E-state index is 0.0830. The zero-order chi connectivity index (χ0) is 27.3. The van der Waals surface area contributed by atoms with Gasteiger partial charge in [-0.05, 0) is 62.8 Å². The van der Waals surface area contributed by atoms with Crippen LogP contribution in [0.3, 0.4) is 0 Å². The first kappa shape index (κ1) is 29.1. The maximum Gasteiger partial charge on any atom is 0.408 e. The number of aryl methyl sites for hydroxylation is 2. The number of anilines is 1. The number of phenols is 1. The molecule has 1 amide bonds. The van der Waals surface area contributed by atoms with Gasteiger partial charge in [0.05, 0.1) is 6.61 Å². The van der Waals surface area contributed by atoms with Gasteiger partial charge in [-0.1, -0.05) is 18.2 Å². The van der Waals surface area contributed by atoms with E-state index >= 15 is 0 Å². The zero-order valence-electron chi connectivity index (χ0n) is 21.7. The molecule has 3 rings (SSSR count).